The summed E-state index contributed by atoms with van der Waals surface area (Å²) < 4.78 is 5.43. The van der Waals surface area contributed by atoms with E-state index in [0.717, 1.165) is 31.4 Å². The van der Waals surface area contributed by atoms with E-state index in [1.807, 2.05) is 0 Å². The van der Waals surface area contributed by atoms with Gasteiger partial charge in [-0.1, -0.05) is 25.1 Å². The summed E-state index contributed by atoms with van der Waals surface area (Å²) in [5.74, 6) is 2.32. The highest BCUT2D eigenvalue weighted by molar-refractivity contribution is 5.43. The Labute approximate surface area is 144 Å². The number of hydrogen-bond acceptors (Lipinski definition) is 2. The minimum atomic E-state index is -0.465. The van der Waals surface area contributed by atoms with Crippen LogP contribution in [-0.4, -0.2) is 17.8 Å². The molecule has 0 amide bonds. The summed E-state index contributed by atoms with van der Waals surface area (Å²) in [4.78, 5) is 0. The third kappa shape index (κ3) is 1.57. The fraction of sp³-hybridized carbons (Fsp3) is 0.636. The number of benzene rings is 1. The summed E-state index contributed by atoms with van der Waals surface area (Å²) >= 11 is 0. The molecular formula is C22H28O2. The van der Waals surface area contributed by atoms with Gasteiger partial charge in [0.1, 0.15) is 5.75 Å². The molecule has 24 heavy (non-hydrogen) atoms. The number of rotatable bonds is 1. The number of fused-ring (bicyclic) bond motifs is 3. The Morgan fingerprint density at radius 1 is 1.17 bits per heavy atom. The molecule has 0 radical (unpaired) electrons. The fourth-order valence-electron chi connectivity index (χ4n) is 7.07. The predicted octanol–water partition coefficient (Wildman–Crippen LogP) is 4.61. The number of aryl methyl sites for hydroxylation is 1. The van der Waals surface area contributed by atoms with Crippen LogP contribution in [0.2, 0.25) is 0 Å². The lowest BCUT2D eigenvalue weighted by Gasteiger charge is -2.61. The molecule has 0 aliphatic heterocycles. The van der Waals surface area contributed by atoms with Crippen molar-refractivity contribution in [1.82, 2.24) is 0 Å². The third-order valence-electron chi connectivity index (χ3n) is 8.45. The summed E-state index contributed by atoms with van der Waals surface area (Å²) in [5, 5.41) is 11.4. The molecule has 0 saturated heterocycles. The van der Waals surface area contributed by atoms with Crippen molar-refractivity contribution >= 4 is 0 Å². The van der Waals surface area contributed by atoms with Crippen LogP contribution in [-0.2, 0) is 6.42 Å². The Morgan fingerprint density at radius 3 is 2.88 bits per heavy atom. The quantitative estimate of drug-likeness (QED) is 0.764. The van der Waals surface area contributed by atoms with Crippen molar-refractivity contribution in [2.45, 2.75) is 63.4 Å². The summed E-state index contributed by atoms with van der Waals surface area (Å²) in [5.41, 5.74) is 2.86. The van der Waals surface area contributed by atoms with Crippen molar-refractivity contribution in [3.8, 4) is 5.75 Å². The zero-order valence-electron chi connectivity index (χ0n) is 14.8. The van der Waals surface area contributed by atoms with Crippen molar-refractivity contribution in [2.24, 2.45) is 16.7 Å². The van der Waals surface area contributed by atoms with Crippen LogP contribution in [0.15, 0.2) is 30.4 Å². The molecule has 2 nitrogen and oxygen atoms in total. The molecule has 2 bridgehead atoms. The minimum absolute atomic E-state index is 0.0693. The number of aliphatic hydroxyl groups is 1. The molecule has 2 fully saturated rings. The number of ether oxygens (including phenoxy) is 1. The van der Waals surface area contributed by atoms with Gasteiger partial charge >= 0.3 is 0 Å². The smallest absolute Gasteiger partial charge is 0.119 e. The first-order chi connectivity index (χ1) is 11.5. The van der Waals surface area contributed by atoms with E-state index in [9.17, 15) is 5.11 Å². The maximum Gasteiger partial charge on any atom is 0.119 e. The monoisotopic (exact) mass is 324 g/mol. The maximum absolute atomic E-state index is 11.4. The molecule has 2 heteroatoms. The van der Waals surface area contributed by atoms with Crippen LogP contribution in [0.3, 0.4) is 0 Å². The highest BCUT2D eigenvalue weighted by atomic mass is 16.5. The van der Waals surface area contributed by atoms with Crippen molar-refractivity contribution in [1.29, 1.82) is 0 Å². The van der Waals surface area contributed by atoms with Crippen LogP contribution in [0.5, 0.6) is 5.75 Å². The van der Waals surface area contributed by atoms with Crippen molar-refractivity contribution in [3.05, 3.63) is 41.5 Å². The predicted molar refractivity (Wildman–Crippen MR) is 95.3 cm³/mol. The molecule has 1 aromatic rings. The highest BCUT2D eigenvalue weighted by Crippen LogP contribution is 2.73. The highest BCUT2D eigenvalue weighted by Gasteiger charge is 2.69. The zero-order chi connectivity index (χ0) is 16.6. The summed E-state index contributed by atoms with van der Waals surface area (Å²) in [7, 11) is 1.75. The maximum atomic E-state index is 11.4. The molecule has 4 aliphatic rings. The standard InChI is InChI=1S/C22H28O2/c1-20-11-8-18-17-6-5-16(24-2)14-15(17)4-7-19(18)21(20)9-3-10-22(20,23)13-12-21/h3,5-6,9,14,18-19,23H,4,7-8,10-13H2,1-2H3/t18?,19?,20-,21-,22-/m0/s1. The number of methoxy groups -OCH3 is 1. The van der Waals surface area contributed by atoms with Gasteiger partial charge < -0.3 is 9.84 Å². The molecule has 0 heterocycles. The van der Waals surface area contributed by atoms with Crippen molar-refractivity contribution in [3.63, 3.8) is 0 Å². The van der Waals surface area contributed by atoms with Crippen LogP contribution in [0, 0.1) is 16.7 Å². The second kappa shape index (κ2) is 4.66. The zero-order valence-corrected chi connectivity index (χ0v) is 14.8. The van der Waals surface area contributed by atoms with Gasteiger partial charge in [-0.3, -0.25) is 0 Å². The lowest BCUT2D eigenvalue weighted by molar-refractivity contribution is -0.135. The van der Waals surface area contributed by atoms with E-state index in [4.69, 9.17) is 4.74 Å². The molecule has 2 unspecified atom stereocenters. The average Bonchev–Trinajstić information content (AvgIpc) is 2.72. The van der Waals surface area contributed by atoms with Crippen molar-refractivity contribution < 1.29 is 9.84 Å². The Bertz CT molecular complexity index is 723. The Kier molecular flexibility index (Phi) is 2.92. The van der Waals surface area contributed by atoms with Gasteiger partial charge in [0.05, 0.1) is 12.7 Å². The van der Waals surface area contributed by atoms with Crippen LogP contribution in [0.4, 0.5) is 0 Å². The molecule has 2 saturated carbocycles. The number of allylic oxidation sites excluding steroid dienone is 1. The molecule has 4 aliphatic carbocycles. The second-order valence-corrected chi connectivity index (χ2v) is 8.87. The molecular weight excluding hydrogens is 296 g/mol. The van der Waals surface area contributed by atoms with E-state index in [1.54, 1.807) is 12.7 Å². The lowest BCUT2D eigenvalue weighted by Crippen LogP contribution is -2.57. The van der Waals surface area contributed by atoms with Gasteiger partial charge in [-0.2, -0.15) is 0 Å². The molecule has 1 aromatic carbocycles. The summed E-state index contributed by atoms with van der Waals surface area (Å²) in [6.45, 7) is 2.39. The van der Waals surface area contributed by atoms with Gasteiger partial charge in [-0.05, 0) is 85.5 Å². The first-order valence-corrected chi connectivity index (χ1v) is 9.60. The molecule has 0 aromatic heterocycles. The van der Waals surface area contributed by atoms with Gasteiger partial charge in [0.2, 0.25) is 0 Å². The molecule has 1 N–H and O–H groups in total. The Hall–Kier alpha value is -1.28. The van der Waals surface area contributed by atoms with Gasteiger partial charge in [0, 0.05) is 5.41 Å². The van der Waals surface area contributed by atoms with Crippen LogP contribution in [0.25, 0.3) is 0 Å². The molecule has 5 atom stereocenters. The number of hydrogen-bond donors (Lipinski definition) is 1. The van der Waals surface area contributed by atoms with Crippen LogP contribution >= 0.6 is 0 Å². The SMILES string of the molecule is COc1ccc2c(c1)CCC1C2CC[C@]2(C)[C@]3(O)CC=C[C@]12CC3. The van der Waals surface area contributed by atoms with E-state index in [2.05, 4.69) is 37.3 Å². The normalized spacial score (nSPS) is 45.3. The second-order valence-electron chi connectivity index (χ2n) is 8.87. The molecule has 128 valence electrons. The van der Waals surface area contributed by atoms with Gasteiger partial charge in [0.15, 0.2) is 0 Å². The van der Waals surface area contributed by atoms with Crippen molar-refractivity contribution in [2.75, 3.05) is 7.11 Å². The van der Waals surface area contributed by atoms with E-state index in [1.165, 1.54) is 24.8 Å². The summed E-state index contributed by atoms with van der Waals surface area (Å²) in [6.07, 6.45) is 12.6. The molecule has 5 rings (SSSR count). The average molecular weight is 324 g/mol. The van der Waals surface area contributed by atoms with E-state index in [0.29, 0.717) is 11.8 Å². The van der Waals surface area contributed by atoms with Gasteiger partial charge in [0.25, 0.3) is 0 Å². The Morgan fingerprint density at radius 2 is 2.04 bits per heavy atom. The third-order valence-corrected chi connectivity index (χ3v) is 8.45. The minimum Gasteiger partial charge on any atom is -0.497 e. The largest absolute Gasteiger partial charge is 0.497 e. The topological polar surface area (TPSA) is 29.5 Å². The first kappa shape index (κ1) is 15.0. The lowest BCUT2D eigenvalue weighted by atomic mass is 9.44. The van der Waals surface area contributed by atoms with E-state index >= 15 is 0 Å². The first-order valence-electron chi connectivity index (χ1n) is 9.60. The fourth-order valence-corrected chi connectivity index (χ4v) is 7.07. The van der Waals surface area contributed by atoms with E-state index < -0.39 is 5.60 Å². The van der Waals surface area contributed by atoms with Crippen LogP contribution < -0.4 is 4.74 Å². The van der Waals surface area contributed by atoms with E-state index in [-0.39, 0.29) is 10.8 Å². The Balaban J connectivity index is 1.61. The van der Waals surface area contributed by atoms with Gasteiger partial charge in [-0.25, -0.2) is 0 Å². The van der Waals surface area contributed by atoms with Gasteiger partial charge in [-0.15, -0.1) is 0 Å². The van der Waals surface area contributed by atoms with Crippen LogP contribution in [0.1, 0.15) is 62.5 Å². The molecule has 0 spiro atoms. The summed E-state index contributed by atoms with van der Waals surface area (Å²) in [6, 6.07) is 6.70.